The van der Waals surface area contributed by atoms with Crippen molar-refractivity contribution in [3.8, 4) is 6.07 Å². The number of carbonyl (C=O) groups is 1. The van der Waals surface area contributed by atoms with Gasteiger partial charge in [0.05, 0.1) is 18.7 Å². The predicted octanol–water partition coefficient (Wildman–Crippen LogP) is -0.281. The van der Waals surface area contributed by atoms with Crippen molar-refractivity contribution in [2.45, 2.75) is 25.9 Å². The first kappa shape index (κ1) is 12.9. The van der Waals surface area contributed by atoms with Gasteiger partial charge in [0.2, 0.25) is 5.91 Å². The van der Waals surface area contributed by atoms with Crippen molar-refractivity contribution >= 4 is 5.91 Å². The molecule has 0 bridgehead atoms. The van der Waals surface area contributed by atoms with Crippen LogP contribution in [0.4, 0.5) is 0 Å². The van der Waals surface area contributed by atoms with Crippen LogP contribution in [-0.2, 0) is 4.79 Å². The van der Waals surface area contributed by atoms with E-state index in [2.05, 4.69) is 5.32 Å². The first-order valence-corrected chi connectivity index (χ1v) is 5.67. The summed E-state index contributed by atoms with van der Waals surface area (Å²) in [5, 5.41) is 20.3. The molecule has 0 spiro atoms. The van der Waals surface area contributed by atoms with Gasteiger partial charge in [0.15, 0.2) is 0 Å². The van der Waals surface area contributed by atoms with Crippen molar-refractivity contribution in [1.29, 1.82) is 5.26 Å². The Labute approximate surface area is 96.0 Å². The number of amides is 1. The summed E-state index contributed by atoms with van der Waals surface area (Å²) in [5.41, 5.74) is 0. The summed E-state index contributed by atoms with van der Waals surface area (Å²) < 4.78 is 0. The number of nitrogens with one attached hydrogen (secondary N) is 1. The third kappa shape index (κ3) is 4.17. The van der Waals surface area contributed by atoms with Crippen LogP contribution in [0.25, 0.3) is 0 Å². The van der Waals surface area contributed by atoms with E-state index in [1.54, 1.807) is 6.92 Å². The molecule has 1 aliphatic heterocycles. The summed E-state index contributed by atoms with van der Waals surface area (Å²) in [6.45, 7) is 3.84. The van der Waals surface area contributed by atoms with Gasteiger partial charge < -0.3 is 10.4 Å². The fraction of sp³-hybridized carbons (Fsp3) is 0.818. The molecule has 1 aliphatic rings. The lowest BCUT2D eigenvalue weighted by atomic mass is 9.93. The number of nitriles is 1. The number of nitrogens with zero attached hydrogens (tertiary/aromatic N) is 2. The van der Waals surface area contributed by atoms with Gasteiger partial charge in [0, 0.05) is 6.54 Å². The Hall–Kier alpha value is -1.12. The van der Waals surface area contributed by atoms with Gasteiger partial charge in [-0.05, 0) is 32.2 Å². The van der Waals surface area contributed by atoms with E-state index >= 15 is 0 Å². The normalized spacial score (nSPS) is 23.4. The van der Waals surface area contributed by atoms with Crippen LogP contribution in [0, 0.1) is 17.2 Å². The van der Waals surface area contributed by atoms with Crippen LogP contribution in [0.3, 0.4) is 0 Å². The van der Waals surface area contributed by atoms with Crippen LogP contribution in [0.15, 0.2) is 0 Å². The number of aliphatic hydroxyl groups excluding tert-OH is 1. The summed E-state index contributed by atoms with van der Waals surface area (Å²) in [7, 11) is 0. The Morgan fingerprint density at radius 2 is 2.50 bits per heavy atom. The van der Waals surface area contributed by atoms with Gasteiger partial charge in [-0.2, -0.15) is 5.26 Å². The molecule has 2 N–H and O–H groups in total. The average molecular weight is 225 g/mol. The maximum Gasteiger partial charge on any atom is 0.235 e. The third-order valence-corrected chi connectivity index (χ3v) is 2.96. The standard InChI is InChI=1S/C11H19N3O2/c1-9(15)10-3-2-6-14(7-10)8-11(16)13-5-4-12/h9-10,15H,2-3,5-8H2,1H3,(H,13,16). The fourth-order valence-corrected chi connectivity index (χ4v) is 2.03. The molecule has 1 saturated heterocycles. The van der Waals surface area contributed by atoms with E-state index in [1.165, 1.54) is 0 Å². The van der Waals surface area contributed by atoms with E-state index in [-0.39, 0.29) is 24.5 Å². The van der Waals surface area contributed by atoms with Gasteiger partial charge in [-0.25, -0.2) is 0 Å². The van der Waals surface area contributed by atoms with E-state index in [1.807, 2.05) is 11.0 Å². The Morgan fingerprint density at radius 1 is 1.75 bits per heavy atom. The smallest absolute Gasteiger partial charge is 0.235 e. The molecule has 0 aromatic rings. The third-order valence-electron chi connectivity index (χ3n) is 2.96. The summed E-state index contributed by atoms with van der Waals surface area (Å²) in [5.74, 6) is 0.144. The molecule has 16 heavy (non-hydrogen) atoms. The Morgan fingerprint density at radius 3 is 3.12 bits per heavy atom. The van der Waals surface area contributed by atoms with Crippen LogP contribution in [0.5, 0.6) is 0 Å². The molecule has 0 aromatic carbocycles. The lowest BCUT2D eigenvalue weighted by Crippen LogP contribution is -2.44. The Kier molecular flexibility index (Phi) is 5.23. The van der Waals surface area contributed by atoms with Crippen molar-refractivity contribution in [2.75, 3.05) is 26.2 Å². The van der Waals surface area contributed by atoms with E-state index in [0.29, 0.717) is 6.54 Å². The Balaban J connectivity index is 2.31. The molecule has 1 rings (SSSR count). The van der Waals surface area contributed by atoms with E-state index < -0.39 is 0 Å². The average Bonchev–Trinajstić information content (AvgIpc) is 2.26. The molecule has 1 amide bonds. The van der Waals surface area contributed by atoms with E-state index in [9.17, 15) is 9.90 Å². The van der Waals surface area contributed by atoms with Gasteiger partial charge in [-0.3, -0.25) is 9.69 Å². The van der Waals surface area contributed by atoms with Crippen LogP contribution in [0.1, 0.15) is 19.8 Å². The highest BCUT2D eigenvalue weighted by Crippen LogP contribution is 2.19. The number of rotatable bonds is 4. The molecule has 90 valence electrons. The molecule has 2 atom stereocenters. The maximum atomic E-state index is 11.4. The summed E-state index contributed by atoms with van der Waals surface area (Å²) in [6, 6.07) is 1.87. The zero-order chi connectivity index (χ0) is 12.0. The highest BCUT2D eigenvalue weighted by molar-refractivity contribution is 5.78. The van der Waals surface area contributed by atoms with Gasteiger partial charge >= 0.3 is 0 Å². The summed E-state index contributed by atoms with van der Waals surface area (Å²) in [6.07, 6.45) is 1.72. The van der Waals surface area contributed by atoms with Crippen molar-refractivity contribution in [1.82, 2.24) is 10.2 Å². The van der Waals surface area contributed by atoms with Crippen LogP contribution >= 0.6 is 0 Å². The van der Waals surface area contributed by atoms with Crippen molar-refractivity contribution < 1.29 is 9.90 Å². The minimum absolute atomic E-state index is 0.0620. The second-order valence-electron chi connectivity index (χ2n) is 4.31. The van der Waals surface area contributed by atoms with E-state index in [0.717, 1.165) is 25.9 Å². The van der Waals surface area contributed by atoms with Crippen molar-refractivity contribution in [3.63, 3.8) is 0 Å². The predicted molar refractivity (Wildman–Crippen MR) is 59.5 cm³/mol. The van der Waals surface area contributed by atoms with Crippen LogP contribution < -0.4 is 5.32 Å². The molecule has 5 heteroatoms. The van der Waals surface area contributed by atoms with Gasteiger partial charge in [0.25, 0.3) is 0 Å². The van der Waals surface area contributed by atoms with Gasteiger partial charge in [-0.15, -0.1) is 0 Å². The molecule has 0 aliphatic carbocycles. The SMILES string of the molecule is CC(O)C1CCCN(CC(=O)NCC#N)C1. The van der Waals surface area contributed by atoms with Gasteiger partial charge in [-0.1, -0.05) is 0 Å². The quantitative estimate of drug-likeness (QED) is 0.645. The summed E-state index contributed by atoms with van der Waals surface area (Å²) in [4.78, 5) is 13.4. The number of hydrogen-bond donors (Lipinski definition) is 2. The topological polar surface area (TPSA) is 76.4 Å². The van der Waals surface area contributed by atoms with Crippen molar-refractivity contribution in [3.05, 3.63) is 0 Å². The lowest BCUT2D eigenvalue weighted by Gasteiger charge is -2.33. The minimum Gasteiger partial charge on any atom is -0.393 e. The number of hydrogen-bond acceptors (Lipinski definition) is 4. The molecule has 5 nitrogen and oxygen atoms in total. The first-order chi connectivity index (χ1) is 7.63. The zero-order valence-corrected chi connectivity index (χ0v) is 9.65. The maximum absolute atomic E-state index is 11.4. The second-order valence-corrected chi connectivity index (χ2v) is 4.31. The molecular formula is C11H19N3O2. The molecule has 0 aromatic heterocycles. The number of carbonyl (C=O) groups excluding carboxylic acids is 1. The van der Waals surface area contributed by atoms with E-state index in [4.69, 9.17) is 5.26 Å². The van der Waals surface area contributed by atoms with Gasteiger partial charge in [0.1, 0.15) is 6.54 Å². The highest BCUT2D eigenvalue weighted by Gasteiger charge is 2.24. The van der Waals surface area contributed by atoms with Crippen LogP contribution in [-0.4, -0.2) is 48.2 Å². The monoisotopic (exact) mass is 225 g/mol. The molecule has 2 unspecified atom stereocenters. The first-order valence-electron chi connectivity index (χ1n) is 5.67. The molecule has 1 heterocycles. The second kappa shape index (κ2) is 6.46. The number of aliphatic hydroxyl groups is 1. The number of piperidine rings is 1. The summed E-state index contributed by atoms with van der Waals surface area (Å²) >= 11 is 0. The molecule has 0 radical (unpaired) electrons. The Bertz CT molecular complexity index is 273. The van der Waals surface area contributed by atoms with Crippen LogP contribution in [0.2, 0.25) is 0 Å². The molecular weight excluding hydrogens is 206 g/mol. The zero-order valence-electron chi connectivity index (χ0n) is 9.65. The highest BCUT2D eigenvalue weighted by atomic mass is 16.3. The van der Waals surface area contributed by atoms with Crippen molar-refractivity contribution in [2.24, 2.45) is 5.92 Å². The largest absolute Gasteiger partial charge is 0.393 e. The molecule has 0 saturated carbocycles. The fourth-order valence-electron chi connectivity index (χ4n) is 2.03. The lowest BCUT2D eigenvalue weighted by molar-refractivity contribution is -0.122. The number of likely N-dealkylation sites (tertiary alicyclic amines) is 1. The molecule has 1 fully saturated rings. The minimum atomic E-state index is -0.315.